The van der Waals surface area contributed by atoms with Crippen LogP contribution in [0.4, 0.5) is 14.5 Å². The SMILES string of the molecule is Cn1nc(/C=C/c2cccc(F)c2)c2cc(N)c(F)cc21. The van der Waals surface area contributed by atoms with Crippen LogP contribution in [0.25, 0.3) is 23.1 Å². The topological polar surface area (TPSA) is 43.8 Å². The van der Waals surface area contributed by atoms with Crippen LogP contribution in [0.15, 0.2) is 36.4 Å². The van der Waals surface area contributed by atoms with E-state index in [2.05, 4.69) is 5.10 Å². The standard InChI is InChI=1S/C16H13F2N3/c1-21-16-9-13(18)14(19)8-12(16)15(20-21)6-5-10-3-2-4-11(17)7-10/h2-9H,19H2,1H3/b6-5+. The van der Waals surface area contributed by atoms with Crippen LogP contribution in [0.3, 0.4) is 0 Å². The first kappa shape index (κ1) is 13.3. The Morgan fingerprint density at radius 1 is 1.14 bits per heavy atom. The Hall–Kier alpha value is -2.69. The largest absolute Gasteiger partial charge is 0.396 e. The molecule has 3 nitrogen and oxygen atoms in total. The first-order valence-electron chi connectivity index (χ1n) is 6.40. The Bertz CT molecular complexity index is 850. The molecule has 0 radical (unpaired) electrons. The third-order valence-corrected chi connectivity index (χ3v) is 3.28. The number of hydrogen-bond donors (Lipinski definition) is 1. The lowest BCUT2D eigenvalue weighted by molar-refractivity contribution is 0.627. The minimum atomic E-state index is -0.467. The van der Waals surface area contributed by atoms with Crippen molar-refractivity contribution in [3.63, 3.8) is 0 Å². The molecular formula is C16H13F2N3. The van der Waals surface area contributed by atoms with Crippen LogP contribution in [0.2, 0.25) is 0 Å². The molecule has 0 amide bonds. The third kappa shape index (κ3) is 2.50. The van der Waals surface area contributed by atoms with Gasteiger partial charge in [-0.1, -0.05) is 18.2 Å². The summed E-state index contributed by atoms with van der Waals surface area (Å²) in [5, 5.41) is 5.08. The second-order valence-electron chi connectivity index (χ2n) is 4.79. The van der Waals surface area contributed by atoms with Gasteiger partial charge < -0.3 is 5.73 Å². The molecule has 1 heterocycles. The Kier molecular flexibility index (Phi) is 3.17. The van der Waals surface area contributed by atoms with Crippen LogP contribution in [0.5, 0.6) is 0 Å². The fourth-order valence-corrected chi connectivity index (χ4v) is 2.23. The lowest BCUT2D eigenvalue weighted by Crippen LogP contribution is -1.92. The van der Waals surface area contributed by atoms with Gasteiger partial charge in [-0.15, -0.1) is 0 Å². The number of nitrogens with zero attached hydrogens (tertiary/aromatic N) is 2. The maximum atomic E-state index is 13.5. The number of anilines is 1. The van der Waals surface area contributed by atoms with Gasteiger partial charge in [0.25, 0.3) is 0 Å². The zero-order chi connectivity index (χ0) is 15.0. The predicted octanol–water partition coefficient (Wildman–Crippen LogP) is 3.60. The quantitative estimate of drug-likeness (QED) is 0.731. The van der Waals surface area contributed by atoms with Gasteiger partial charge >= 0.3 is 0 Å². The number of aromatic nitrogens is 2. The van der Waals surface area contributed by atoms with Gasteiger partial charge in [0.1, 0.15) is 11.6 Å². The van der Waals surface area contributed by atoms with Crippen LogP contribution in [-0.2, 0) is 7.05 Å². The summed E-state index contributed by atoms with van der Waals surface area (Å²) in [4.78, 5) is 0. The number of nitrogen functional groups attached to an aromatic ring is 1. The van der Waals surface area contributed by atoms with E-state index in [0.717, 1.165) is 10.9 Å². The van der Waals surface area contributed by atoms with Crippen molar-refractivity contribution in [3.05, 3.63) is 59.3 Å². The minimum Gasteiger partial charge on any atom is -0.396 e. The fraction of sp³-hybridized carbons (Fsp3) is 0.0625. The van der Waals surface area contributed by atoms with Crippen molar-refractivity contribution >= 4 is 28.7 Å². The maximum Gasteiger partial charge on any atom is 0.148 e. The lowest BCUT2D eigenvalue weighted by atomic mass is 10.1. The summed E-state index contributed by atoms with van der Waals surface area (Å²) in [7, 11) is 1.73. The highest BCUT2D eigenvalue weighted by Gasteiger charge is 2.09. The van der Waals surface area contributed by atoms with Gasteiger partial charge in [0.2, 0.25) is 0 Å². The number of halogens is 2. The van der Waals surface area contributed by atoms with E-state index >= 15 is 0 Å². The molecule has 0 unspecified atom stereocenters. The second-order valence-corrected chi connectivity index (χ2v) is 4.79. The van der Waals surface area contributed by atoms with E-state index in [1.54, 1.807) is 42.1 Å². The second kappa shape index (κ2) is 5.01. The summed E-state index contributed by atoms with van der Waals surface area (Å²) >= 11 is 0. The summed E-state index contributed by atoms with van der Waals surface area (Å²) in [6.07, 6.45) is 3.51. The van der Waals surface area contributed by atoms with Crippen molar-refractivity contribution in [2.75, 3.05) is 5.73 Å². The molecule has 0 saturated heterocycles. The lowest BCUT2D eigenvalue weighted by Gasteiger charge is -1.98. The van der Waals surface area contributed by atoms with E-state index in [9.17, 15) is 8.78 Å². The van der Waals surface area contributed by atoms with Gasteiger partial charge in [-0.3, -0.25) is 4.68 Å². The molecule has 1 aromatic heterocycles. The molecule has 5 heteroatoms. The van der Waals surface area contributed by atoms with E-state index in [-0.39, 0.29) is 11.5 Å². The first-order chi connectivity index (χ1) is 10.0. The van der Waals surface area contributed by atoms with Crippen molar-refractivity contribution in [2.45, 2.75) is 0 Å². The van der Waals surface area contributed by atoms with E-state index in [1.807, 2.05) is 0 Å². The van der Waals surface area contributed by atoms with E-state index in [1.165, 1.54) is 18.2 Å². The van der Waals surface area contributed by atoms with Crippen molar-refractivity contribution in [1.29, 1.82) is 0 Å². The molecule has 2 N–H and O–H groups in total. The van der Waals surface area contributed by atoms with Gasteiger partial charge in [-0.2, -0.15) is 5.10 Å². The zero-order valence-corrected chi connectivity index (χ0v) is 11.3. The van der Waals surface area contributed by atoms with Crippen LogP contribution in [0, 0.1) is 11.6 Å². The average molecular weight is 285 g/mol. The molecule has 0 fully saturated rings. The van der Waals surface area contributed by atoms with E-state index in [0.29, 0.717) is 11.2 Å². The molecule has 0 spiro atoms. The highest BCUT2D eigenvalue weighted by atomic mass is 19.1. The van der Waals surface area contributed by atoms with Crippen LogP contribution < -0.4 is 5.73 Å². The van der Waals surface area contributed by atoms with Crippen LogP contribution in [0.1, 0.15) is 11.3 Å². The van der Waals surface area contributed by atoms with E-state index in [4.69, 9.17) is 5.73 Å². The molecule has 3 aromatic rings. The predicted molar refractivity (Wildman–Crippen MR) is 80.4 cm³/mol. The summed E-state index contributed by atoms with van der Waals surface area (Å²) < 4.78 is 28.2. The summed E-state index contributed by atoms with van der Waals surface area (Å²) in [5.41, 5.74) is 7.72. The van der Waals surface area contributed by atoms with Gasteiger partial charge in [0.15, 0.2) is 0 Å². The molecule has 0 aliphatic heterocycles. The monoisotopic (exact) mass is 285 g/mol. The average Bonchev–Trinajstić information content (AvgIpc) is 2.74. The number of nitrogens with two attached hydrogens (primary N) is 1. The molecule has 0 atom stereocenters. The molecule has 0 saturated carbocycles. The maximum absolute atomic E-state index is 13.5. The highest BCUT2D eigenvalue weighted by molar-refractivity contribution is 5.91. The number of hydrogen-bond acceptors (Lipinski definition) is 2. The van der Waals surface area contributed by atoms with Gasteiger partial charge in [0.05, 0.1) is 16.9 Å². The summed E-state index contributed by atoms with van der Waals surface area (Å²) in [5.74, 6) is -0.763. The first-order valence-corrected chi connectivity index (χ1v) is 6.40. The minimum absolute atomic E-state index is 0.0795. The normalized spacial score (nSPS) is 11.6. The molecule has 0 aliphatic carbocycles. The van der Waals surface area contributed by atoms with Gasteiger partial charge in [0, 0.05) is 18.5 Å². The van der Waals surface area contributed by atoms with Crippen LogP contribution in [-0.4, -0.2) is 9.78 Å². The van der Waals surface area contributed by atoms with E-state index < -0.39 is 5.82 Å². The summed E-state index contributed by atoms with van der Waals surface area (Å²) in [6.45, 7) is 0. The van der Waals surface area contributed by atoms with Gasteiger partial charge in [-0.25, -0.2) is 8.78 Å². The third-order valence-electron chi connectivity index (χ3n) is 3.28. The molecule has 106 valence electrons. The number of fused-ring (bicyclic) bond motifs is 1. The van der Waals surface area contributed by atoms with Crippen molar-refractivity contribution in [1.82, 2.24) is 9.78 Å². The summed E-state index contributed by atoms with van der Waals surface area (Å²) in [6, 6.07) is 9.16. The molecular weight excluding hydrogens is 272 g/mol. The zero-order valence-electron chi connectivity index (χ0n) is 11.3. The Balaban J connectivity index is 2.07. The molecule has 0 bridgehead atoms. The van der Waals surface area contributed by atoms with Crippen molar-refractivity contribution in [2.24, 2.45) is 7.05 Å². The Labute approximate surface area is 120 Å². The number of aryl methyl sites for hydroxylation is 1. The number of rotatable bonds is 2. The number of benzene rings is 2. The van der Waals surface area contributed by atoms with Crippen molar-refractivity contribution in [3.8, 4) is 0 Å². The molecule has 2 aromatic carbocycles. The highest BCUT2D eigenvalue weighted by Crippen LogP contribution is 2.24. The Morgan fingerprint density at radius 2 is 1.95 bits per heavy atom. The smallest absolute Gasteiger partial charge is 0.148 e. The molecule has 3 rings (SSSR count). The van der Waals surface area contributed by atoms with Gasteiger partial charge in [-0.05, 0) is 29.8 Å². The van der Waals surface area contributed by atoms with Crippen LogP contribution >= 0.6 is 0 Å². The fourth-order valence-electron chi connectivity index (χ4n) is 2.23. The van der Waals surface area contributed by atoms with Crippen molar-refractivity contribution < 1.29 is 8.78 Å². The molecule has 21 heavy (non-hydrogen) atoms. The Morgan fingerprint density at radius 3 is 2.71 bits per heavy atom. The molecule has 0 aliphatic rings.